The van der Waals surface area contributed by atoms with Crippen molar-refractivity contribution < 1.29 is 45.4 Å². The molecule has 0 saturated carbocycles. The third-order valence-electron chi connectivity index (χ3n) is 11.0. The fourth-order valence-electron chi connectivity index (χ4n) is 7.72. The van der Waals surface area contributed by atoms with Gasteiger partial charge in [0.05, 0.1) is 36.2 Å². The molecule has 4 fully saturated rings. The number of nitrogens with zero attached hydrogens (tertiary/aromatic N) is 9. The molecule has 17 nitrogen and oxygen atoms in total. The minimum atomic E-state index is -4.47. The standard InChI is InChI=1S/C21H25ClF3N7O3.C17H24F3N5O2.ClH/c1-12(29-15-10-28-30-18(33)17(15)22)11-35-16-4-7-32(19(16)34)14-2-5-31(6-3-14)20-26-8-13(9-27-20)21(23,24)25;1-11(21)10-27-14-4-7-25(15(14)26)13-2-5-24(6-3-13)16-22-8-12(9-23-16)17(18,19)20;/h8-10,12,14,16H,2-7,11H2,1H3,(H2,29,30,33);8-9,11,13-14H,2-7,10,21H2,1H3;1H/t12-,16?;11-,14?;/m00./s1. The van der Waals surface area contributed by atoms with Gasteiger partial charge in [-0.15, -0.1) is 12.4 Å². The Bertz CT molecular complexity index is 2020. The van der Waals surface area contributed by atoms with Gasteiger partial charge in [-0.1, -0.05) is 11.6 Å². The second kappa shape index (κ2) is 21.4. The molecule has 0 radical (unpaired) electrons. The minimum Gasteiger partial charge on any atom is -0.378 e. The summed E-state index contributed by atoms with van der Waals surface area (Å²) in [6, 6.07) is -0.200. The van der Waals surface area contributed by atoms with Crippen LogP contribution in [-0.4, -0.2) is 141 Å². The highest BCUT2D eigenvalue weighted by Crippen LogP contribution is 2.31. The van der Waals surface area contributed by atoms with Gasteiger partial charge in [0.15, 0.2) is 0 Å². The van der Waals surface area contributed by atoms with Crippen molar-refractivity contribution in [2.45, 2.75) is 101 Å². The molecule has 0 aliphatic carbocycles. The maximum absolute atomic E-state index is 12.9. The number of rotatable bonds is 12. The van der Waals surface area contributed by atoms with Crippen LogP contribution in [0.4, 0.5) is 43.9 Å². The number of ether oxygens (including phenoxy) is 2. The zero-order valence-electron chi connectivity index (χ0n) is 34.4. The fourth-order valence-corrected chi connectivity index (χ4v) is 7.87. The lowest BCUT2D eigenvalue weighted by Gasteiger charge is -2.36. The molecule has 25 heteroatoms. The topological polar surface area (TPSA) is 201 Å². The smallest absolute Gasteiger partial charge is 0.378 e. The van der Waals surface area contributed by atoms with Gasteiger partial charge >= 0.3 is 12.4 Å². The highest BCUT2D eigenvalue weighted by Gasteiger charge is 2.40. The fraction of sp³-hybridized carbons (Fsp3) is 0.632. The summed E-state index contributed by atoms with van der Waals surface area (Å²) in [7, 11) is 0. The molecule has 4 atom stereocenters. The van der Waals surface area contributed by atoms with Crippen LogP contribution in [0.1, 0.15) is 63.5 Å². The third-order valence-corrected chi connectivity index (χ3v) is 11.4. The number of piperidine rings is 2. The summed E-state index contributed by atoms with van der Waals surface area (Å²) in [5, 5.41) is 9.00. The number of alkyl halides is 6. The van der Waals surface area contributed by atoms with Crippen LogP contribution in [0, 0.1) is 0 Å². The monoisotopic (exact) mass is 938 g/mol. The van der Waals surface area contributed by atoms with E-state index in [4.69, 9.17) is 26.8 Å². The molecule has 0 bridgehead atoms. The average Bonchev–Trinajstić information content (AvgIpc) is 3.81. The SMILES string of the molecule is C[C@@H](COC1CCN(C2CCN(c3ncc(C(F)(F)F)cn3)CC2)C1=O)Nc1cn[nH]c(=O)c1Cl.C[C@H](N)COC1CCN(C2CCN(c3ncc(C(F)(F)F)cn3)CC2)C1=O.Cl. The first-order valence-corrected chi connectivity index (χ1v) is 20.6. The van der Waals surface area contributed by atoms with E-state index in [0.717, 1.165) is 37.6 Å². The number of hydrogen-bond donors (Lipinski definition) is 3. The van der Waals surface area contributed by atoms with Crippen LogP contribution in [0.3, 0.4) is 0 Å². The number of aromatic nitrogens is 6. The van der Waals surface area contributed by atoms with Gasteiger partial charge in [0, 0.05) is 101 Å². The molecule has 4 saturated heterocycles. The summed E-state index contributed by atoms with van der Waals surface area (Å²) >= 11 is 5.96. The number of amides is 2. The van der Waals surface area contributed by atoms with Crippen LogP contribution in [0.15, 0.2) is 35.8 Å². The summed E-state index contributed by atoms with van der Waals surface area (Å²) in [4.78, 5) is 59.7. The van der Waals surface area contributed by atoms with Crippen LogP contribution in [-0.2, 0) is 31.4 Å². The number of aromatic amines is 1. The van der Waals surface area contributed by atoms with Crippen molar-refractivity contribution in [1.82, 2.24) is 39.9 Å². The molecule has 2 unspecified atom stereocenters. The van der Waals surface area contributed by atoms with E-state index >= 15 is 0 Å². The van der Waals surface area contributed by atoms with E-state index in [9.17, 15) is 40.7 Å². The molecule has 7 heterocycles. The highest BCUT2D eigenvalue weighted by atomic mass is 35.5. The van der Waals surface area contributed by atoms with Gasteiger partial charge in [0.25, 0.3) is 17.4 Å². The van der Waals surface area contributed by atoms with Gasteiger partial charge in [-0.2, -0.15) is 31.4 Å². The molecule has 348 valence electrons. The molecule has 3 aromatic heterocycles. The largest absolute Gasteiger partial charge is 0.419 e. The molecule has 4 N–H and O–H groups in total. The number of halogens is 8. The van der Waals surface area contributed by atoms with Crippen molar-refractivity contribution in [2.75, 3.05) is 67.6 Å². The summed E-state index contributed by atoms with van der Waals surface area (Å²) in [5.74, 6) is 0.465. The van der Waals surface area contributed by atoms with E-state index in [-0.39, 0.29) is 71.9 Å². The molecule has 0 aromatic carbocycles. The van der Waals surface area contributed by atoms with Crippen LogP contribution in [0.2, 0.25) is 5.02 Å². The first kappa shape index (κ1) is 49.4. The molecule has 3 aromatic rings. The summed E-state index contributed by atoms with van der Waals surface area (Å²) in [6.07, 6.45) is -1.31. The Balaban J connectivity index is 0.000000242. The second-order valence-electron chi connectivity index (χ2n) is 15.7. The number of anilines is 3. The molecule has 63 heavy (non-hydrogen) atoms. The number of nitrogens with one attached hydrogen (secondary N) is 2. The Morgan fingerprint density at radius 1 is 0.714 bits per heavy atom. The second-order valence-corrected chi connectivity index (χ2v) is 16.1. The summed E-state index contributed by atoms with van der Waals surface area (Å²) in [5.41, 5.74) is 3.81. The predicted octanol–water partition coefficient (Wildman–Crippen LogP) is 4.17. The molecular formula is C38H50Cl2F6N12O5. The normalized spacial score (nSPS) is 21.2. The van der Waals surface area contributed by atoms with Crippen molar-refractivity contribution in [3.8, 4) is 0 Å². The van der Waals surface area contributed by atoms with E-state index < -0.39 is 41.2 Å². The van der Waals surface area contributed by atoms with E-state index in [1.165, 1.54) is 6.20 Å². The Hall–Kier alpha value is -4.58. The minimum absolute atomic E-state index is 0. The van der Waals surface area contributed by atoms with E-state index in [2.05, 4.69) is 35.5 Å². The zero-order valence-corrected chi connectivity index (χ0v) is 36.0. The lowest BCUT2D eigenvalue weighted by Crippen LogP contribution is -2.47. The Morgan fingerprint density at radius 3 is 1.52 bits per heavy atom. The Labute approximate surface area is 369 Å². The van der Waals surface area contributed by atoms with Crippen molar-refractivity contribution in [3.05, 3.63) is 57.5 Å². The zero-order chi connectivity index (χ0) is 44.8. The lowest BCUT2D eigenvalue weighted by atomic mass is 10.0. The van der Waals surface area contributed by atoms with E-state index in [0.29, 0.717) is 77.2 Å². The van der Waals surface area contributed by atoms with Gasteiger partial charge in [0.2, 0.25) is 11.9 Å². The van der Waals surface area contributed by atoms with Crippen molar-refractivity contribution in [1.29, 1.82) is 0 Å². The molecule has 4 aliphatic rings. The van der Waals surface area contributed by atoms with Gasteiger partial charge in [-0.3, -0.25) is 14.4 Å². The van der Waals surface area contributed by atoms with Crippen LogP contribution >= 0.6 is 24.0 Å². The first-order valence-electron chi connectivity index (χ1n) is 20.3. The molecule has 0 spiro atoms. The van der Waals surface area contributed by atoms with Gasteiger partial charge < -0.3 is 40.1 Å². The number of H-pyrrole nitrogens is 1. The van der Waals surface area contributed by atoms with Crippen LogP contribution in [0.25, 0.3) is 0 Å². The number of likely N-dealkylation sites (tertiary alicyclic amines) is 2. The summed E-state index contributed by atoms with van der Waals surface area (Å²) in [6.45, 7) is 7.75. The number of nitrogens with two attached hydrogens (primary N) is 1. The molecular weight excluding hydrogens is 889 g/mol. The quantitative estimate of drug-likeness (QED) is 0.219. The average molecular weight is 940 g/mol. The summed E-state index contributed by atoms with van der Waals surface area (Å²) < 4.78 is 87.4. The Kier molecular flexibility index (Phi) is 16.8. The number of carbonyl (C=O) groups excluding carboxylic acids is 2. The van der Waals surface area contributed by atoms with Gasteiger partial charge in [-0.25, -0.2) is 25.0 Å². The van der Waals surface area contributed by atoms with E-state index in [1.807, 2.05) is 33.4 Å². The molecule has 7 rings (SSSR count). The van der Waals surface area contributed by atoms with Crippen LogP contribution in [0.5, 0.6) is 0 Å². The van der Waals surface area contributed by atoms with Gasteiger partial charge in [-0.05, 0) is 39.5 Å². The van der Waals surface area contributed by atoms with Gasteiger partial charge in [0.1, 0.15) is 17.2 Å². The predicted molar refractivity (Wildman–Crippen MR) is 221 cm³/mol. The molecule has 2 amide bonds. The maximum Gasteiger partial charge on any atom is 0.419 e. The van der Waals surface area contributed by atoms with E-state index in [1.54, 1.807) is 0 Å². The number of carbonyl (C=O) groups is 2. The van der Waals surface area contributed by atoms with Crippen molar-refractivity contribution in [3.63, 3.8) is 0 Å². The first-order chi connectivity index (χ1) is 29.4. The highest BCUT2D eigenvalue weighted by molar-refractivity contribution is 6.32. The number of hydrogen-bond acceptors (Lipinski definition) is 14. The molecule has 4 aliphatic heterocycles. The maximum atomic E-state index is 12.9. The Morgan fingerprint density at radius 2 is 1.13 bits per heavy atom. The lowest BCUT2D eigenvalue weighted by molar-refractivity contribution is -0.140. The van der Waals surface area contributed by atoms with Crippen LogP contribution < -0.4 is 26.4 Å². The van der Waals surface area contributed by atoms with Crippen molar-refractivity contribution >= 4 is 53.4 Å². The third kappa shape index (κ3) is 12.8. The van der Waals surface area contributed by atoms with Crippen molar-refractivity contribution in [2.24, 2.45) is 5.73 Å².